The average Bonchev–Trinajstić information content (AvgIpc) is 2.67. The molecule has 0 atom stereocenters. The maximum atomic E-state index is 11.7. The van der Waals surface area contributed by atoms with Gasteiger partial charge in [-0.25, -0.2) is 4.79 Å². The minimum absolute atomic E-state index is 0.225. The van der Waals surface area contributed by atoms with Crippen molar-refractivity contribution in [2.75, 3.05) is 39.8 Å². The molecule has 2 rings (SSSR count). The van der Waals surface area contributed by atoms with E-state index in [0.29, 0.717) is 32.2 Å². The summed E-state index contributed by atoms with van der Waals surface area (Å²) in [4.78, 5) is 20.2. The SMILES string of the molecule is CCOC(=O)N1CCC(NC(N)=NCCCN(C)Cc2ccccc2)CC1. The van der Waals surface area contributed by atoms with Crippen molar-refractivity contribution < 1.29 is 9.53 Å². The van der Waals surface area contributed by atoms with Gasteiger partial charge in [-0.05, 0) is 45.3 Å². The monoisotopic (exact) mass is 375 g/mol. The number of hydrogen-bond acceptors (Lipinski definition) is 4. The van der Waals surface area contributed by atoms with Crippen molar-refractivity contribution in [3.05, 3.63) is 35.9 Å². The lowest BCUT2D eigenvalue weighted by atomic mass is 10.1. The minimum Gasteiger partial charge on any atom is -0.450 e. The second-order valence-electron chi connectivity index (χ2n) is 6.95. The summed E-state index contributed by atoms with van der Waals surface area (Å²) < 4.78 is 5.03. The highest BCUT2D eigenvalue weighted by Crippen LogP contribution is 2.11. The van der Waals surface area contributed by atoms with Gasteiger partial charge in [-0.2, -0.15) is 0 Å². The summed E-state index contributed by atoms with van der Waals surface area (Å²) in [7, 11) is 2.12. The first-order valence-corrected chi connectivity index (χ1v) is 9.79. The van der Waals surface area contributed by atoms with Crippen LogP contribution in [-0.2, 0) is 11.3 Å². The number of nitrogens with zero attached hydrogens (tertiary/aromatic N) is 3. The fourth-order valence-corrected chi connectivity index (χ4v) is 3.19. The molecule has 1 aromatic rings. The molecule has 1 aliphatic rings. The van der Waals surface area contributed by atoms with Crippen LogP contribution in [0.25, 0.3) is 0 Å². The van der Waals surface area contributed by atoms with Crippen LogP contribution in [0, 0.1) is 0 Å². The third kappa shape index (κ3) is 7.86. The van der Waals surface area contributed by atoms with Crippen LogP contribution in [0.3, 0.4) is 0 Å². The Balaban J connectivity index is 1.60. The highest BCUT2D eigenvalue weighted by Gasteiger charge is 2.23. The van der Waals surface area contributed by atoms with E-state index in [2.05, 4.69) is 46.5 Å². The Morgan fingerprint density at radius 3 is 2.70 bits per heavy atom. The molecule has 1 fully saturated rings. The predicted octanol–water partition coefficient (Wildman–Crippen LogP) is 2.03. The van der Waals surface area contributed by atoms with Gasteiger partial charge in [-0.1, -0.05) is 30.3 Å². The van der Waals surface area contributed by atoms with E-state index < -0.39 is 0 Å². The largest absolute Gasteiger partial charge is 0.450 e. The maximum absolute atomic E-state index is 11.7. The summed E-state index contributed by atoms with van der Waals surface area (Å²) in [5.74, 6) is 0.496. The van der Waals surface area contributed by atoms with E-state index in [9.17, 15) is 4.79 Å². The fourth-order valence-electron chi connectivity index (χ4n) is 3.19. The quantitative estimate of drug-likeness (QED) is 0.413. The molecule has 1 amide bonds. The van der Waals surface area contributed by atoms with E-state index >= 15 is 0 Å². The topological polar surface area (TPSA) is 83.2 Å². The molecule has 1 aliphatic heterocycles. The number of hydrogen-bond donors (Lipinski definition) is 2. The number of rotatable bonds is 8. The van der Waals surface area contributed by atoms with Crippen molar-refractivity contribution in [1.82, 2.24) is 15.1 Å². The molecule has 150 valence electrons. The van der Waals surface area contributed by atoms with Crippen LogP contribution in [-0.4, -0.2) is 67.7 Å². The number of nitrogens with one attached hydrogen (secondary N) is 1. The Kier molecular flexibility index (Phi) is 8.91. The zero-order valence-electron chi connectivity index (χ0n) is 16.6. The van der Waals surface area contributed by atoms with Gasteiger partial charge in [-0.3, -0.25) is 4.99 Å². The van der Waals surface area contributed by atoms with Crippen LogP contribution in [0.5, 0.6) is 0 Å². The molecule has 0 aliphatic carbocycles. The third-order valence-corrected chi connectivity index (χ3v) is 4.65. The number of amides is 1. The number of guanidine groups is 1. The first-order valence-electron chi connectivity index (χ1n) is 9.79. The van der Waals surface area contributed by atoms with E-state index in [1.807, 2.05) is 13.0 Å². The highest BCUT2D eigenvalue weighted by atomic mass is 16.6. The summed E-state index contributed by atoms with van der Waals surface area (Å²) in [6, 6.07) is 10.7. The Morgan fingerprint density at radius 2 is 2.04 bits per heavy atom. The van der Waals surface area contributed by atoms with Crippen LogP contribution in [0.1, 0.15) is 31.7 Å². The Morgan fingerprint density at radius 1 is 1.33 bits per heavy atom. The number of carbonyl (C=O) groups excluding carboxylic acids is 1. The van der Waals surface area contributed by atoms with Crippen molar-refractivity contribution in [2.45, 2.75) is 38.8 Å². The molecule has 7 nitrogen and oxygen atoms in total. The summed E-state index contributed by atoms with van der Waals surface area (Å²) in [6.45, 7) is 6.24. The molecule has 1 heterocycles. The van der Waals surface area contributed by atoms with Crippen LogP contribution in [0.15, 0.2) is 35.3 Å². The number of likely N-dealkylation sites (tertiary alicyclic amines) is 1. The number of carbonyl (C=O) groups is 1. The van der Waals surface area contributed by atoms with Crippen LogP contribution in [0.4, 0.5) is 4.79 Å². The Labute approximate surface area is 162 Å². The Hall–Kier alpha value is -2.28. The number of piperidine rings is 1. The zero-order valence-corrected chi connectivity index (χ0v) is 16.6. The number of nitrogens with two attached hydrogens (primary N) is 1. The smallest absolute Gasteiger partial charge is 0.409 e. The summed E-state index contributed by atoms with van der Waals surface area (Å²) >= 11 is 0. The zero-order chi connectivity index (χ0) is 19.5. The summed E-state index contributed by atoms with van der Waals surface area (Å²) in [5.41, 5.74) is 7.33. The van der Waals surface area contributed by atoms with Gasteiger partial charge in [0.2, 0.25) is 0 Å². The van der Waals surface area contributed by atoms with Crippen molar-refractivity contribution in [3.63, 3.8) is 0 Å². The molecule has 0 unspecified atom stereocenters. The molecule has 1 saturated heterocycles. The highest BCUT2D eigenvalue weighted by molar-refractivity contribution is 5.78. The normalized spacial score (nSPS) is 15.8. The van der Waals surface area contributed by atoms with Crippen molar-refractivity contribution >= 4 is 12.1 Å². The van der Waals surface area contributed by atoms with Crippen LogP contribution in [0.2, 0.25) is 0 Å². The van der Waals surface area contributed by atoms with E-state index in [4.69, 9.17) is 10.5 Å². The Bertz CT molecular complexity index is 585. The van der Waals surface area contributed by atoms with Crippen molar-refractivity contribution in [2.24, 2.45) is 10.7 Å². The van der Waals surface area contributed by atoms with Gasteiger partial charge in [-0.15, -0.1) is 0 Å². The van der Waals surface area contributed by atoms with Gasteiger partial charge >= 0.3 is 6.09 Å². The van der Waals surface area contributed by atoms with E-state index in [-0.39, 0.29) is 12.1 Å². The van der Waals surface area contributed by atoms with Gasteiger partial charge in [0, 0.05) is 32.2 Å². The fraction of sp³-hybridized carbons (Fsp3) is 0.600. The molecule has 0 bridgehead atoms. The number of aliphatic imine (C=N–C) groups is 1. The van der Waals surface area contributed by atoms with Gasteiger partial charge in [0.1, 0.15) is 0 Å². The molecule has 0 aromatic heterocycles. The molecule has 0 spiro atoms. The third-order valence-electron chi connectivity index (χ3n) is 4.65. The second kappa shape index (κ2) is 11.4. The number of ether oxygens (including phenoxy) is 1. The van der Waals surface area contributed by atoms with Gasteiger partial charge in [0.15, 0.2) is 5.96 Å². The minimum atomic E-state index is -0.225. The molecule has 0 radical (unpaired) electrons. The first kappa shape index (κ1) is 21.0. The molecule has 0 saturated carbocycles. The molecular weight excluding hydrogens is 342 g/mol. The lowest BCUT2D eigenvalue weighted by molar-refractivity contribution is 0.0963. The van der Waals surface area contributed by atoms with Crippen LogP contribution >= 0.6 is 0 Å². The van der Waals surface area contributed by atoms with Crippen molar-refractivity contribution in [1.29, 1.82) is 0 Å². The predicted molar refractivity (Wildman–Crippen MR) is 109 cm³/mol. The number of benzene rings is 1. The lowest BCUT2D eigenvalue weighted by Crippen LogP contribution is -2.48. The summed E-state index contributed by atoms with van der Waals surface area (Å²) in [5, 5.41) is 3.27. The van der Waals surface area contributed by atoms with E-state index in [1.165, 1.54) is 5.56 Å². The molecule has 27 heavy (non-hydrogen) atoms. The first-order chi connectivity index (χ1) is 13.1. The second-order valence-corrected chi connectivity index (χ2v) is 6.95. The lowest BCUT2D eigenvalue weighted by Gasteiger charge is -2.31. The molecular formula is C20H33N5O2. The molecule has 7 heteroatoms. The molecule has 3 N–H and O–H groups in total. The maximum Gasteiger partial charge on any atom is 0.409 e. The molecule has 1 aromatic carbocycles. The van der Waals surface area contributed by atoms with Gasteiger partial charge in [0.05, 0.1) is 6.61 Å². The van der Waals surface area contributed by atoms with E-state index in [0.717, 1.165) is 32.4 Å². The van der Waals surface area contributed by atoms with Gasteiger partial charge < -0.3 is 25.6 Å². The van der Waals surface area contributed by atoms with Crippen LogP contribution < -0.4 is 11.1 Å². The van der Waals surface area contributed by atoms with Gasteiger partial charge in [0.25, 0.3) is 0 Å². The van der Waals surface area contributed by atoms with E-state index in [1.54, 1.807) is 4.90 Å². The average molecular weight is 376 g/mol. The summed E-state index contributed by atoms with van der Waals surface area (Å²) in [6.07, 6.45) is 2.45. The standard InChI is InChI=1S/C20H33N5O2/c1-3-27-20(26)25-14-10-18(11-15-25)23-19(21)22-12-7-13-24(2)16-17-8-5-4-6-9-17/h4-6,8-9,18H,3,7,10-16H2,1-2H3,(H3,21,22,23). The van der Waals surface area contributed by atoms with Crippen molar-refractivity contribution in [3.8, 4) is 0 Å².